The van der Waals surface area contributed by atoms with Gasteiger partial charge in [0, 0.05) is 12.1 Å². The molecule has 31 heavy (non-hydrogen) atoms. The number of aromatic nitrogens is 2. The Hall–Kier alpha value is -3.07. The van der Waals surface area contributed by atoms with Crippen molar-refractivity contribution in [2.45, 2.75) is 30.1 Å². The zero-order valence-electron chi connectivity index (χ0n) is 16.8. The lowest BCUT2D eigenvalue weighted by Gasteiger charge is -2.14. The maximum absolute atomic E-state index is 13.3. The van der Waals surface area contributed by atoms with Gasteiger partial charge in [0.1, 0.15) is 11.4 Å². The number of alkyl halides is 3. The van der Waals surface area contributed by atoms with Gasteiger partial charge >= 0.3 is 6.18 Å². The number of rotatable bonds is 7. The molecule has 0 fully saturated rings. The summed E-state index contributed by atoms with van der Waals surface area (Å²) in [6.45, 7) is 1.88. The van der Waals surface area contributed by atoms with Gasteiger partial charge in [0.15, 0.2) is 5.16 Å². The summed E-state index contributed by atoms with van der Waals surface area (Å²) in [6, 6.07) is 16.6. The van der Waals surface area contributed by atoms with E-state index >= 15 is 0 Å². The molecule has 0 bridgehead atoms. The first-order valence-electron chi connectivity index (χ1n) is 9.35. The molecule has 1 aromatic heterocycles. The summed E-state index contributed by atoms with van der Waals surface area (Å²) in [5, 5.41) is 1.97. The first-order valence-corrected chi connectivity index (χ1v) is 10.2. The monoisotopic (exact) mass is 447 g/mol. The second kappa shape index (κ2) is 9.82. The minimum Gasteiger partial charge on any atom is -0.497 e. The molecule has 0 saturated carbocycles. The lowest BCUT2D eigenvalue weighted by molar-refractivity contribution is -0.141. The molecule has 0 unspecified atom stereocenters. The molecule has 162 valence electrons. The van der Waals surface area contributed by atoms with Gasteiger partial charge in [-0.2, -0.15) is 13.2 Å². The van der Waals surface area contributed by atoms with E-state index in [1.165, 1.54) is 0 Å². The van der Waals surface area contributed by atoms with Crippen LogP contribution in [0.15, 0.2) is 65.8 Å². The van der Waals surface area contributed by atoms with E-state index in [-0.39, 0.29) is 23.3 Å². The molecule has 5 nitrogen and oxygen atoms in total. The SMILES string of the molecule is COc1ccc(CNC(=O)[C@H](C)Sc2nc(-c3ccccc3)cc(C(F)(F)F)n2)cc1. The zero-order valence-corrected chi connectivity index (χ0v) is 17.6. The van der Waals surface area contributed by atoms with Crippen molar-refractivity contribution in [3.63, 3.8) is 0 Å². The van der Waals surface area contributed by atoms with Crippen LogP contribution in [0.1, 0.15) is 18.2 Å². The highest BCUT2D eigenvalue weighted by atomic mass is 32.2. The molecule has 3 aromatic rings. The number of benzene rings is 2. The molecule has 0 spiro atoms. The number of ether oxygens (including phenoxy) is 1. The quantitative estimate of drug-likeness (QED) is 0.409. The van der Waals surface area contributed by atoms with Gasteiger partial charge < -0.3 is 10.1 Å². The van der Waals surface area contributed by atoms with Crippen LogP contribution >= 0.6 is 11.8 Å². The topological polar surface area (TPSA) is 64.1 Å². The molecule has 0 aliphatic heterocycles. The summed E-state index contributed by atoms with van der Waals surface area (Å²) >= 11 is 0.878. The standard InChI is InChI=1S/C22H20F3N3O2S/c1-14(20(29)26-13-15-8-10-17(30-2)11-9-15)31-21-27-18(16-6-4-3-5-7-16)12-19(28-21)22(23,24)25/h3-12,14H,13H2,1-2H3,(H,26,29)/t14-/m0/s1. The Balaban J connectivity index is 1.73. The molecule has 3 rings (SSSR count). The number of thioether (sulfide) groups is 1. The average Bonchev–Trinajstić information content (AvgIpc) is 2.77. The Bertz CT molecular complexity index is 1030. The number of methoxy groups -OCH3 is 1. The van der Waals surface area contributed by atoms with Gasteiger partial charge in [-0.05, 0) is 30.7 Å². The maximum Gasteiger partial charge on any atom is 0.433 e. The number of hydrogen-bond acceptors (Lipinski definition) is 5. The van der Waals surface area contributed by atoms with Crippen LogP contribution in [-0.4, -0.2) is 28.2 Å². The third-order valence-electron chi connectivity index (χ3n) is 4.34. The fourth-order valence-corrected chi connectivity index (χ4v) is 3.48. The summed E-state index contributed by atoms with van der Waals surface area (Å²) in [5.41, 5.74) is 0.507. The summed E-state index contributed by atoms with van der Waals surface area (Å²) in [4.78, 5) is 20.3. The molecule has 9 heteroatoms. The Morgan fingerprint density at radius 3 is 2.39 bits per heavy atom. The van der Waals surface area contributed by atoms with Crippen molar-refractivity contribution in [1.82, 2.24) is 15.3 Å². The minimum absolute atomic E-state index is 0.110. The molecular weight excluding hydrogens is 427 g/mol. The van der Waals surface area contributed by atoms with E-state index in [0.29, 0.717) is 11.3 Å². The summed E-state index contributed by atoms with van der Waals surface area (Å²) in [5.74, 6) is 0.373. The first-order chi connectivity index (χ1) is 14.8. The Morgan fingerprint density at radius 2 is 1.77 bits per heavy atom. The highest BCUT2D eigenvalue weighted by molar-refractivity contribution is 8.00. The molecule has 1 N–H and O–H groups in total. The maximum atomic E-state index is 13.3. The first kappa shape index (κ1) is 22.6. The molecule has 0 saturated heterocycles. The number of carbonyl (C=O) groups excluding carboxylic acids is 1. The van der Waals surface area contributed by atoms with Crippen LogP contribution in [0.25, 0.3) is 11.3 Å². The third-order valence-corrected chi connectivity index (χ3v) is 5.30. The lowest BCUT2D eigenvalue weighted by Crippen LogP contribution is -2.30. The van der Waals surface area contributed by atoms with Crippen LogP contribution in [0.2, 0.25) is 0 Å². The van der Waals surface area contributed by atoms with Gasteiger partial charge in [-0.15, -0.1) is 0 Å². The molecular formula is C22H20F3N3O2S. The largest absolute Gasteiger partial charge is 0.497 e. The van der Waals surface area contributed by atoms with E-state index in [1.54, 1.807) is 56.5 Å². The second-order valence-electron chi connectivity index (χ2n) is 6.61. The van der Waals surface area contributed by atoms with Crippen LogP contribution < -0.4 is 10.1 Å². The highest BCUT2D eigenvalue weighted by Gasteiger charge is 2.34. The van der Waals surface area contributed by atoms with Gasteiger partial charge in [0.25, 0.3) is 0 Å². The van der Waals surface area contributed by atoms with Crippen molar-refractivity contribution in [1.29, 1.82) is 0 Å². The molecule has 2 aromatic carbocycles. The van der Waals surface area contributed by atoms with Gasteiger partial charge in [0.2, 0.25) is 5.91 Å². The molecule has 1 heterocycles. The Labute approximate surface area is 182 Å². The summed E-state index contributed by atoms with van der Waals surface area (Å²) in [6.07, 6.45) is -4.62. The van der Waals surface area contributed by atoms with Gasteiger partial charge in [0.05, 0.1) is 18.1 Å². The van der Waals surface area contributed by atoms with Crippen LogP contribution in [0.3, 0.4) is 0 Å². The summed E-state index contributed by atoms with van der Waals surface area (Å²) in [7, 11) is 1.56. The summed E-state index contributed by atoms with van der Waals surface area (Å²) < 4.78 is 45.1. The Morgan fingerprint density at radius 1 is 1.10 bits per heavy atom. The Kier molecular flexibility index (Phi) is 7.17. The lowest BCUT2D eigenvalue weighted by atomic mass is 10.1. The van der Waals surface area contributed by atoms with E-state index < -0.39 is 17.1 Å². The normalized spacial score (nSPS) is 12.3. The number of nitrogens with one attached hydrogen (secondary N) is 1. The van der Waals surface area contributed by atoms with Crippen LogP contribution in [0.5, 0.6) is 5.75 Å². The molecule has 0 aliphatic carbocycles. The van der Waals surface area contributed by atoms with Crippen molar-refractivity contribution in [2.75, 3.05) is 7.11 Å². The van der Waals surface area contributed by atoms with E-state index in [1.807, 2.05) is 12.1 Å². The van der Waals surface area contributed by atoms with Crippen LogP contribution in [-0.2, 0) is 17.5 Å². The van der Waals surface area contributed by atoms with E-state index in [2.05, 4.69) is 15.3 Å². The van der Waals surface area contributed by atoms with Crippen molar-refractivity contribution in [3.8, 4) is 17.0 Å². The number of hydrogen-bond donors (Lipinski definition) is 1. The molecule has 1 amide bonds. The number of amides is 1. The zero-order chi connectivity index (χ0) is 22.4. The number of carbonyl (C=O) groups is 1. The predicted molar refractivity (Wildman–Crippen MR) is 113 cm³/mol. The number of halogens is 3. The fourth-order valence-electron chi connectivity index (χ4n) is 2.67. The third kappa shape index (κ3) is 6.21. The second-order valence-corrected chi connectivity index (χ2v) is 7.92. The van der Waals surface area contributed by atoms with Gasteiger partial charge in [-0.1, -0.05) is 54.2 Å². The highest BCUT2D eigenvalue weighted by Crippen LogP contribution is 2.32. The van der Waals surface area contributed by atoms with Gasteiger partial charge in [-0.25, -0.2) is 9.97 Å². The number of nitrogens with zero attached hydrogens (tertiary/aromatic N) is 2. The average molecular weight is 447 g/mol. The van der Waals surface area contributed by atoms with Crippen molar-refractivity contribution < 1.29 is 22.7 Å². The smallest absolute Gasteiger partial charge is 0.433 e. The van der Waals surface area contributed by atoms with Crippen molar-refractivity contribution in [2.24, 2.45) is 0 Å². The van der Waals surface area contributed by atoms with Crippen molar-refractivity contribution >= 4 is 17.7 Å². The molecule has 0 aliphatic rings. The van der Waals surface area contributed by atoms with Crippen LogP contribution in [0.4, 0.5) is 13.2 Å². The molecule has 0 radical (unpaired) electrons. The van der Waals surface area contributed by atoms with Crippen molar-refractivity contribution in [3.05, 3.63) is 71.9 Å². The van der Waals surface area contributed by atoms with E-state index in [4.69, 9.17) is 4.74 Å². The molecule has 1 atom stereocenters. The van der Waals surface area contributed by atoms with Crippen LogP contribution in [0, 0.1) is 0 Å². The minimum atomic E-state index is -4.62. The predicted octanol–water partition coefficient (Wildman–Crippen LogP) is 4.97. The fraction of sp³-hybridized carbons (Fsp3) is 0.227. The van der Waals surface area contributed by atoms with E-state index in [9.17, 15) is 18.0 Å². The van der Waals surface area contributed by atoms with Gasteiger partial charge in [-0.3, -0.25) is 4.79 Å². The van der Waals surface area contributed by atoms with E-state index in [0.717, 1.165) is 23.4 Å².